The summed E-state index contributed by atoms with van der Waals surface area (Å²) >= 11 is 1.54. The van der Waals surface area contributed by atoms with Crippen molar-refractivity contribution >= 4 is 23.3 Å². The molecule has 1 aromatic rings. The molecule has 0 aliphatic carbocycles. The molecule has 0 aromatic carbocycles. The molecule has 104 valence electrons. The highest BCUT2D eigenvalue weighted by Crippen LogP contribution is 2.21. The molecule has 2 amide bonds. The SMILES string of the molecule is O=C(NCc1cccs1)NC1(C(=O)O)CCOCC1. The third-order valence-electron chi connectivity index (χ3n) is 3.11. The van der Waals surface area contributed by atoms with Gasteiger partial charge in [-0.1, -0.05) is 6.07 Å². The van der Waals surface area contributed by atoms with Crippen LogP contribution in [0.15, 0.2) is 17.5 Å². The first-order valence-corrected chi connectivity index (χ1v) is 6.90. The maximum Gasteiger partial charge on any atom is 0.329 e. The van der Waals surface area contributed by atoms with Crippen LogP contribution in [-0.2, 0) is 16.1 Å². The molecule has 0 radical (unpaired) electrons. The lowest BCUT2D eigenvalue weighted by Crippen LogP contribution is -2.59. The van der Waals surface area contributed by atoms with Gasteiger partial charge in [0.2, 0.25) is 0 Å². The lowest BCUT2D eigenvalue weighted by molar-refractivity contribution is -0.148. The molecular weight excluding hydrogens is 268 g/mol. The normalized spacial score (nSPS) is 17.7. The average molecular weight is 284 g/mol. The molecule has 0 unspecified atom stereocenters. The second-order valence-electron chi connectivity index (χ2n) is 4.39. The Morgan fingerprint density at radius 2 is 2.16 bits per heavy atom. The van der Waals surface area contributed by atoms with E-state index in [1.165, 1.54) is 11.3 Å². The van der Waals surface area contributed by atoms with Crippen molar-refractivity contribution in [2.24, 2.45) is 0 Å². The van der Waals surface area contributed by atoms with Crippen LogP contribution in [0.4, 0.5) is 4.79 Å². The van der Waals surface area contributed by atoms with Crippen LogP contribution in [0.5, 0.6) is 0 Å². The van der Waals surface area contributed by atoms with Crippen molar-refractivity contribution in [2.45, 2.75) is 24.9 Å². The zero-order chi connectivity index (χ0) is 13.7. The molecule has 1 aliphatic heterocycles. The molecule has 0 bridgehead atoms. The van der Waals surface area contributed by atoms with E-state index in [4.69, 9.17) is 4.74 Å². The molecule has 0 saturated carbocycles. The van der Waals surface area contributed by atoms with Gasteiger partial charge in [-0.3, -0.25) is 0 Å². The molecule has 3 N–H and O–H groups in total. The molecule has 7 heteroatoms. The minimum atomic E-state index is -1.21. The maximum absolute atomic E-state index is 11.8. The number of thiophene rings is 1. The zero-order valence-electron chi connectivity index (χ0n) is 10.3. The fourth-order valence-corrected chi connectivity index (χ4v) is 2.60. The molecular formula is C12H16N2O4S. The first-order valence-electron chi connectivity index (χ1n) is 6.02. The summed E-state index contributed by atoms with van der Waals surface area (Å²) in [5, 5.41) is 16.5. The molecule has 19 heavy (non-hydrogen) atoms. The summed E-state index contributed by atoms with van der Waals surface area (Å²) in [6, 6.07) is 3.35. The van der Waals surface area contributed by atoms with Gasteiger partial charge >= 0.3 is 12.0 Å². The summed E-state index contributed by atoms with van der Waals surface area (Å²) in [5.41, 5.74) is -1.21. The topological polar surface area (TPSA) is 87.7 Å². The maximum atomic E-state index is 11.8. The average Bonchev–Trinajstić information content (AvgIpc) is 2.90. The molecule has 2 rings (SSSR count). The number of urea groups is 1. The molecule has 1 aromatic heterocycles. The van der Waals surface area contributed by atoms with E-state index in [9.17, 15) is 14.7 Å². The third kappa shape index (κ3) is 3.45. The fraction of sp³-hybridized carbons (Fsp3) is 0.500. The third-order valence-corrected chi connectivity index (χ3v) is 3.99. The van der Waals surface area contributed by atoms with E-state index in [-0.39, 0.29) is 12.8 Å². The van der Waals surface area contributed by atoms with Crippen LogP contribution in [0.3, 0.4) is 0 Å². The zero-order valence-corrected chi connectivity index (χ0v) is 11.2. The van der Waals surface area contributed by atoms with Gasteiger partial charge in [-0.05, 0) is 11.4 Å². The van der Waals surface area contributed by atoms with Crippen LogP contribution in [0, 0.1) is 0 Å². The quantitative estimate of drug-likeness (QED) is 0.774. The Morgan fingerprint density at radius 1 is 1.42 bits per heavy atom. The predicted molar refractivity (Wildman–Crippen MR) is 70.1 cm³/mol. The number of hydrogen-bond acceptors (Lipinski definition) is 4. The van der Waals surface area contributed by atoms with Crippen molar-refractivity contribution in [1.29, 1.82) is 0 Å². The Kier molecular flexibility index (Phi) is 4.39. The van der Waals surface area contributed by atoms with Crippen molar-refractivity contribution in [3.8, 4) is 0 Å². The van der Waals surface area contributed by atoms with Crippen molar-refractivity contribution < 1.29 is 19.4 Å². The van der Waals surface area contributed by atoms with E-state index < -0.39 is 17.5 Å². The number of rotatable bonds is 4. The highest BCUT2D eigenvalue weighted by molar-refractivity contribution is 7.09. The van der Waals surface area contributed by atoms with Gasteiger partial charge in [0.15, 0.2) is 0 Å². The molecule has 2 heterocycles. The number of carboxylic acid groups (broad SMARTS) is 1. The van der Waals surface area contributed by atoms with Gasteiger partial charge in [-0.15, -0.1) is 11.3 Å². The molecule has 6 nitrogen and oxygen atoms in total. The van der Waals surface area contributed by atoms with Gasteiger partial charge in [0, 0.05) is 30.9 Å². The Morgan fingerprint density at radius 3 is 2.74 bits per heavy atom. The van der Waals surface area contributed by atoms with Crippen molar-refractivity contribution in [3.05, 3.63) is 22.4 Å². The van der Waals surface area contributed by atoms with Crippen LogP contribution in [0.1, 0.15) is 17.7 Å². The second kappa shape index (κ2) is 6.03. The van der Waals surface area contributed by atoms with E-state index in [0.29, 0.717) is 19.8 Å². The molecule has 1 fully saturated rings. The summed E-state index contributed by atoms with van der Waals surface area (Å²) < 4.78 is 5.14. The van der Waals surface area contributed by atoms with Crippen LogP contribution < -0.4 is 10.6 Å². The Hall–Kier alpha value is -1.60. The molecule has 0 atom stereocenters. The molecule has 1 aliphatic rings. The van der Waals surface area contributed by atoms with Crippen LogP contribution in [0.2, 0.25) is 0 Å². The minimum absolute atomic E-state index is 0.286. The Labute approximate surface area is 114 Å². The minimum Gasteiger partial charge on any atom is -0.480 e. The highest BCUT2D eigenvalue weighted by Gasteiger charge is 2.41. The number of carbonyl (C=O) groups is 2. The lowest BCUT2D eigenvalue weighted by Gasteiger charge is -2.33. The van der Waals surface area contributed by atoms with E-state index in [2.05, 4.69) is 10.6 Å². The number of carbonyl (C=O) groups excluding carboxylic acids is 1. The van der Waals surface area contributed by atoms with Crippen molar-refractivity contribution in [1.82, 2.24) is 10.6 Å². The van der Waals surface area contributed by atoms with Crippen LogP contribution >= 0.6 is 11.3 Å². The number of aliphatic carboxylic acids is 1. The van der Waals surface area contributed by atoms with Crippen LogP contribution in [0.25, 0.3) is 0 Å². The lowest BCUT2D eigenvalue weighted by atomic mass is 9.90. The van der Waals surface area contributed by atoms with Gasteiger partial charge in [0.1, 0.15) is 5.54 Å². The second-order valence-corrected chi connectivity index (χ2v) is 5.42. The predicted octanol–water partition coefficient (Wildman–Crippen LogP) is 1.18. The highest BCUT2D eigenvalue weighted by atomic mass is 32.1. The van der Waals surface area contributed by atoms with Crippen molar-refractivity contribution in [3.63, 3.8) is 0 Å². The smallest absolute Gasteiger partial charge is 0.329 e. The first-order chi connectivity index (χ1) is 9.12. The number of hydrogen-bond donors (Lipinski definition) is 3. The summed E-state index contributed by atoms with van der Waals surface area (Å²) in [6.45, 7) is 1.09. The van der Waals surface area contributed by atoms with Crippen molar-refractivity contribution in [2.75, 3.05) is 13.2 Å². The summed E-state index contributed by atoms with van der Waals surface area (Å²) in [5.74, 6) is -1.01. The summed E-state index contributed by atoms with van der Waals surface area (Å²) in [6.07, 6.45) is 0.573. The van der Waals surface area contributed by atoms with E-state index in [1.54, 1.807) is 0 Å². The number of carboxylic acids is 1. The largest absolute Gasteiger partial charge is 0.480 e. The fourth-order valence-electron chi connectivity index (χ4n) is 1.95. The number of ether oxygens (including phenoxy) is 1. The Bertz CT molecular complexity index is 441. The van der Waals surface area contributed by atoms with Gasteiger partial charge in [-0.2, -0.15) is 0 Å². The monoisotopic (exact) mass is 284 g/mol. The Balaban J connectivity index is 1.90. The molecule has 0 spiro atoms. The first kappa shape index (κ1) is 13.8. The van der Waals surface area contributed by atoms with E-state index in [1.807, 2.05) is 17.5 Å². The van der Waals surface area contributed by atoms with Gasteiger partial charge in [0.25, 0.3) is 0 Å². The standard InChI is InChI=1S/C12H16N2O4S/c15-10(16)12(3-5-18-6-4-12)14-11(17)13-8-9-2-1-7-19-9/h1-2,7H,3-6,8H2,(H,15,16)(H2,13,14,17). The summed E-state index contributed by atoms with van der Waals surface area (Å²) in [4.78, 5) is 24.2. The molecule has 1 saturated heterocycles. The number of amides is 2. The van der Waals surface area contributed by atoms with Gasteiger partial charge in [-0.25, -0.2) is 9.59 Å². The van der Waals surface area contributed by atoms with E-state index in [0.717, 1.165) is 4.88 Å². The van der Waals surface area contributed by atoms with Crippen LogP contribution in [-0.4, -0.2) is 35.9 Å². The van der Waals surface area contributed by atoms with Gasteiger partial charge < -0.3 is 20.5 Å². The van der Waals surface area contributed by atoms with Gasteiger partial charge in [0.05, 0.1) is 6.54 Å². The number of nitrogens with one attached hydrogen (secondary N) is 2. The summed E-state index contributed by atoms with van der Waals surface area (Å²) in [7, 11) is 0. The van der Waals surface area contributed by atoms with E-state index >= 15 is 0 Å².